The fourth-order valence-electron chi connectivity index (χ4n) is 2.70. The Morgan fingerprint density at radius 3 is 2.45 bits per heavy atom. The first-order valence-electron chi connectivity index (χ1n) is 7.39. The highest BCUT2D eigenvalue weighted by atomic mass is 15.1. The van der Waals surface area contributed by atoms with Crippen molar-refractivity contribution in [3.63, 3.8) is 0 Å². The Bertz CT molecular complexity index is 588. The van der Waals surface area contributed by atoms with E-state index in [1.54, 1.807) is 0 Å². The van der Waals surface area contributed by atoms with Crippen LogP contribution in [0.15, 0.2) is 42.5 Å². The number of rotatable bonds is 6. The lowest BCUT2D eigenvalue weighted by atomic mass is 9.92. The molecule has 2 aromatic rings. The molecule has 0 aliphatic carbocycles. The highest BCUT2D eigenvalue weighted by molar-refractivity contribution is 5.86. The number of benzene rings is 2. The van der Waals surface area contributed by atoms with Gasteiger partial charge in [0.2, 0.25) is 0 Å². The van der Waals surface area contributed by atoms with Crippen molar-refractivity contribution in [1.82, 2.24) is 4.90 Å². The molecule has 0 aliphatic heterocycles. The fourth-order valence-corrected chi connectivity index (χ4v) is 2.70. The third kappa shape index (κ3) is 3.18. The Kier molecular flexibility index (Phi) is 5.15. The quantitative estimate of drug-likeness (QED) is 0.784. The largest absolute Gasteiger partial charge is 0.304 e. The molecule has 0 fully saturated rings. The van der Waals surface area contributed by atoms with E-state index in [9.17, 15) is 5.26 Å². The van der Waals surface area contributed by atoms with Crippen molar-refractivity contribution >= 4 is 10.8 Å². The summed E-state index contributed by atoms with van der Waals surface area (Å²) in [6.07, 6.45) is 0.895. The van der Waals surface area contributed by atoms with E-state index in [4.69, 9.17) is 0 Å². The molecule has 2 nitrogen and oxygen atoms in total. The highest BCUT2D eigenvalue weighted by Crippen LogP contribution is 2.27. The molecule has 104 valence electrons. The van der Waals surface area contributed by atoms with E-state index in [-0.39, 0.29) is 5.92 Å². The Balaban J connectivity index is 2.24. The van der Waals surface area contributed by atoms with Crippen LogP contribution in [0.2, 0.25) is 0 Å². The zero-order chi connectivity index (χ0) is 14.4. The van der Waals surface area contributed by atoms with E-state index >= 15 is 0 Å². The molecule has 0 aliphatic rings. The van der Waals surface area contributed by atoms with Gasteiger partial charge >= 0.3 is 0 Å². The molecule has 2 aromatic carbocycles. The summed E-state index contributed by atoms with van der Waals surface area (Å²) in [5.74, 6) is -0.0262. The third-order valence-corrected chi connectivity index (χ3v) is 3.98. The van der Waals surface area contributed by atoms with Gasteiger partial charge in [0.1, 0.15) is 0 Å². The van der Waals surface area contributed by atoms with Gasteiger partial charge in [0.05, 0.1) is 12.0 Å². The van der Waals surface area contributed by atoms with Crippen molar-refractivity contribution in [3.8, 4) is 6.07 Å². The lowest BCUT2D eigenvalue weighted by molar-refractivity contribution is 0.296. The van der Waals surface area contributed by atoms with Crippen molar-refractivity contribution in [2.45, 2.75) is 26.2 Å². The van der Waals surface area contributed by atoms with Crippen LogP contribution in [0.25, 0.3) is 10.8 Å². The first kappa shape index (κ1) is 14.6. The molecular weight excluding hydrogens is 244 g/mol. The van der Waals surface area contributed by atoms with Crippen molar-refractivity contribution in [3.05, 3.63) is 48.0 Å². The standard InChI is InChI=1S/C18H22N2/c1-3-20(4-2)13-12-16(14-19)18-11-7-9-15-8-5-6-10-17(15)18/h5-11,16H,3-4,12-13H2,1-2H3. The van der Waals surface area contributed by atoms with Crippen molar-refractivity contribution in [2.24, 2.45) is 0 Å². The molecule has 0 heterocycles. The molecule has 0 N–H and O–H groups in total. The van der Waals surface area contributed by atoms with E-state index < -0.39 is 0 Å². The molecule has 0 spiro atoms. The first-order valence-corrected chi connectivity index (χ1v) is 7.39. The Labute approximate surface area is 121 Å². The van der Waals surface area contributed by atoms with E-state index in [0.717, 1.165) is 31.6 Å². The number of nitriles is 1. The molecule has 0 bridgehead atoms. The van der Waals surface area contributed by atoms with E-state index in [0.29, 0.717) is 0 Å². The highest BCUT2D eigenvalue weighted by Gasteiger charge is 2.14. The molecular formula is C18H22N2. The van der Waals surface area contributed by atoms with Crippen LogP contribution in [0.4, 0.5) is 0 Å². The topological polar surface area (TPSA) is 27.0 Å². The lowest BCUT2D eigenvalue weighted by Gasteiger charge is -2.20. The van der Waals surface area contributed by atoms with Gasteiger partial charge in [-0.1, -0.05) is 56.3 Å². The first-order chi connectivity index (χ1) is 9.80. The van der Waals surface area contributed by atoms with Gasteiger partial charge in [-0.05, 0) is 42.4 Å². The van der Waals surface area contributed by atoms with Gasteiger partial charge in [0.15, 0.2) is 0 Å². The second-order valence-corrected chi connectivity index (χ2v) is 5.07. The van der Waals surface area contributed by atoms with Crippen LogP contribution in [0.5, 0.6) is 0 Å². The maximum atomic E-state index is 9.53. The predicted molar refractivity (Wildman–Crippen MR) is 84.7 cm³/mol. The predicted octanol–water partition coefficient (Wildman–Crippen LogP) is 4.18. The maximum Gasteiger partial charge on any atom is 0.0730 e. The molecule has 0 radical (unpaired) electrons. The van der Waals surface area contributed by atoms with Gasteiger partial charge in [0.25, 0.3) is 0 Å². The molecule has 0 amide bonds. The summed E-state index contributed by atoms with van der Waals surface area (Å²) in [7, 11) is 0. The second-order valence-electron chi connectivity index (χ2n) is 5.07. The van der Waals surface area contributed by atoms with E-state index in [2.05, 4.69) is 55.1 Å². The summed E-state index contributed by atoms with van der Waals surface area (Å²) in [5, 5.41) is 12.0. The normalized spacial score (nSPS) is 12.5. The minimum Gasteiger partial charge on any atom is -0.304 e. The Morgan fingerprint density at radius 2 is 1.75 bits per heavy atom. The number of nitrogens with zero attached hydrogens (tertiary/aromatic N) is 2. The smallest absolute Gasteiger partial charge is 0.0730 e. The summed E-state index contributed by atoms with van der Waals surface area (Å²) in [4.78, 5) is 2.37. The van der Waals surface area contributed by atoms with Crippen LogP contribution in [0, 0.1) is 11.3 Å². The van der Waals surface area contributed by atoms with Crippen LogP contribution >= 0.6 is 0 Å². The Morgan fingerprint density at radius 1 is 1.05 bits per heavy atom. The average molecular weight is 266 g/mol. The van der Waals surface area contributed by atoms with Crippen LogP contribution in [0.1, 0.15) is 31.7 Å². The van der Waals surface area contributed by atoms with Crippen LogP contribution in [-0.2, 0) is 0 Å². The molecule has 1 atom stereocenters. The lowest BCUT2D eigenvalue weighted by Crippen LogP contribution is -2.25. The third-order valence-electron chi connectivity index (χ3n) is 3.98. The minimum absolute atomic E-state index is 0.0262. The van der Waals surface area contributed by atoms with Gasteiger partial charge in [-0.15, -0.1) is 0 Å². The van der Waals surface area contributed by atoms with Crippen molar-refractivity contribution in [2.75, 3.05) is 19.6 Å². The molecule has 2 heteroatoms. The summed E-state index contributed by atoms with van der Waals surface area (Å²) in [6.45, 7) is 7.41. The monoisotopic (exact) mass is 266 g/mol. The van der Waals surface area contributed by atoms with Gasteiger partial charge in [-0.2, -0.15) is 5.26 Å². The van der Waals surface area contributed by atoms with Gasteiger partial charge in [-0.3, -0.25) is 0 Å². The van der Waals surface area contributed by atoms with Gasteiger partial charge in [-0.25, -0.2) is 0 Å². The SMILES string of the molecule is CCN(CC)CCC(C#N)c1cccc2ccccc12. The summed E-state index contributed by atoms with van der Waals surface area (Å²) in [6, 6.07) is 17.1. The molecule has 0 saturated carbocycles. The summed E-state index contributed by atoms with van der Waals surface area (Å²) in [5.41, 5.74) is 1.16. The molecule has 0 aromatic heterocycles. The number of hydrogen-bond acceptors (Lipinski definition) is 2. The Hall–Kier alpha value is -1.85. The second kappa shape index (κ2) is 7.07. The zero-order valence-corrected chi connectivity index (χ0v) is 12.3. The van der Waals surface area contributed by atoms with Crippen LogP contribution < -0.4 is 0 Å². The van der Waals surface area contributed by atoms with E-state index in [1.807, 2.05) is 12.1 Å². The number of fused-ring (bicyclic) bond motifs is 1. The van der Waals surface area contributed by atoms with Gasteiger partial charge in [0, 0.05) is 0 Å². The molecule has 2 rings (SSSR count). The summed E-state index contributed by atoms with van der Waals surface area (Å²) >= 11 is 0. The zero-order valence-electron chi connectivity index (χ0n) is 12.3. The maximum absolute atomic E-state index is 9.53. The van der Waals surface area contributed by atoms with Gasteiger partial charge < -0.3 is 4.90 Å². The van der Waals surface area contributed by atoms with Crippen molar-refractivity contribution < 1.29 is 0 Å². The summed E-state index contributed by atoms with van der Waals surface area (Å²) < 4.78 is 0. The van der Waals surface area contributed by atoms with E-state index in [1.165, 1.54) is 10.8 Å². The minimum atomic E-state index is -0.0262. The van der Waals surface area contributed by atoms with Crippen molar-refractivity contribution in [1.29, 1.82) is 5.26 Å². The average Bonchev–Trinajstić information content (AvgIpc) is 2.51. The van der Waals surface area contributed by atoms with Crippen LogP contribution in [-0.4, -0.2) is 24.5 Å². The number of hydrogen-bond donors (Lipinski definition) is 0. The molecule has 20 heavy (non-hydrogen) atoms. The molecule has 0 saturated heterocycles. The fraction of sp³-hybridized carbons (Fsp3) is 0.389. The molecule has 1 unspecified atom stereocenters. The van der Waals surface area contributed by atoms with Crippen LogP contribution in [0.3, 0.4) is 0 Å².